The van der Waals surface area contributed by atoms with Crippen molar-refractivity contribution in [3.05, 3.63) is 35.9 Å². The van der Waals surface area contributed by atoms with Gasteiger partial charge in [-0.25, -0.2) is 4.79 Å². The SMILES string of the molecule is O=C(c1ccccc1)[N+]1=CCCC1. The highest BCUT2D eigenvalue weighted by Gasteiger charge is 2.21. The topological polar surface area (TPSA) is 20.1 Å². The van der Waals surface area contributed by atoms with E-state index in [9.17, 15) is 4.79 Å². The van der Waals surface area contributed by atoms with E-state index in [0.29, 0.717) is 0 Å². The lowest BCUT2D eigenvalue weighted by Gasteiger charge is -1.94. The summed E-state index contributed by atoms with van der Waals surface area (Å²) >= 11 is 0. The van der Waals surface area contributed by atoms with E-state index in [4.69, 9.17) is 0 Å². The maximum Gasteiger partial charge on any atom is 0.419 e. The third-order valence-electron chi connectivity index (χ3n) is 2.23. The molecule has 2 nitrogen and oxygen atoms in total. The van der Waals surface area contributed by atoms with E-state index in [-0.39, 0.29) is 5.91 Å². The molecule has 1 aromatic rings. The molecule has 0 fully saturated rings. The number of carbonyl (C=O) groups is 1. The fraction of sp³-hybridized carbons (Fsp3) is 0.273. The molecule has 0 unspecified atom stereocenters. The predicted octanol–water partition coefficient (Wildman–Crippen LogP) is 1.70. The quantitative estimate of drug-likeness (QED) is 0.593. The first kappa shape index (κ1) is 8.17. The predicted molar refractivity (Wildman–Crippen MR) is 51.2 cm³/mol. The Morgan fingerprint density at radius 3 is 2.62 bits per heavy atom. The first-order valence-electron chi connectivity index (χ1n) is 4.57. The molecule has 0 saturated carbocycles. The second kappa shape index (κ2) is 3.52. The Hall–Kier alpha value is -1.44. The molecular formula is C11H12NO+. The summed E-state index contributed by atoms with van der Waals surface area (Å²) in [7, 11) is 0. The molecule has 0 radical (unpaired) electrons. The first-order chi connectivity index (χ1) is 6.38. The monoisotopic (exact) mass is 174 g/mol. The standard InChI is InChI=1S/C11H12NO/c13-11(12-8-4-5-9-12)10-6-2-1-3-7-10/h1-3,6-8H,4-5,9H2/q+1. The Morgan fingerprint density at radius 2 is 2.00 bits per heavy atom. The van der Waals surface area contributed by atoms with Crippen LogP contribution in [0.5, 0.6) is 0 Å². The average molecular weight is 174 g/mol. The molecule has 2 heteroatoms. The lowest BCUT2D eigenvalue weighted by molar-refractivity contribution is -0.415. The second-order valence-electron chi connectivity index (χ2n) is 3.19. The highest BCUT2D eigenvalue weighted by atomic mass is 16.2. The van der Waals surface area contributed by atoms with E-state index in [1.54, 1.807) is 4.58 Å². The summed E-state index contributed by atoms with van der Waals surface area (Å²) < 4.78 is 1.80. The van der Waals surface area contributed by atoms with Gasteiger partial charge in [-0.15, -0.1) is 0 Å². The normalized spacial score (nSPS) is 15.5. The van der Waals surface area contributed by atoms with Gasteiger partial charge in [0.1, 0.15) is 6.21 Å². The molecule has 0 N–H and O–H groups in total. The van der Waals surface area contributed by atoms with Crippen LogP contribution >= 0.6 is 0 Å². The van der Waals surface area contributed by atoms with Crippen LogP contribution in [0.2, 0.25) is 0 Å². The van der Waals surface area contributed by atoms with Gasteiger partial charge in [0.15, 0.2) is 6.54 Å². The van der Waals surface area contributed by atoms with Gasteiger partial charge in [-0.2, -0.15) is 4.58 Å². The maximum atomic E-state index is 11.7. The van der Waals surface area contributed by atoms with Gasteiger partial charge in [-0.1, -0.05) is 18.2 Å². The van der Waals surface area contributed by atoms with E-state index in [2.05, 4.69) is 0 Å². The van der Waals surface area contributed by atoms with Gasteiger partial charge < -0.3 is 0 Å². The van der Waals surface area contributed by atoms with Crippen LogP contribution in [0.25, 0.3) is 0 Å². The molecule has 2 rings (SSSR count). The molecule has 0 aromatic heterocycles. The highest BCUT2D eigenvalue weighted by Crippen LogP contribution is 2.05. The lowest BCUT2D eigenvalue weighted by atomic mass is 10.2. The molecule has 0 aliphatic carbocycles. The van der Waals surface area contributed by atoms with Gasteiger partial charge in [0.2, 0.25) is 0 Å². The molecule has 1 aromatic carbocycles. The number of nitrogens with zero attached hydrogens (tertiary/aromatic N) is 1. The summed E-state index contributed by atoms with van der Waals surface area (Å²) in [5, 5.41) is 0. The largest absolute Gasteiger partial charge is 0.419 e. The number of amides is 1. The molecule has 1 heterocycles. The molecule has 1 amide bonds. The van der Waals surface area contributed by atoms with Crippen molar-refractivity contribution in [1.82, 2.24) is 0 Å². The van der Waals surface area contributed by atoms with Crippen LogP contribution in [0.1, 0.15) is 23.2 Å². The third kappa shape index (κ3) is 1.66. The number of carbonyl (C=O) groups excluding carboxylic acids is 1. The van der Waals surface area contributed by atoms with Gasteiger partial charge in [-0.05, 0) is 12.1 Å². The molecule has 66 valence electrons. The van der Waals surface area contributed by atoms with Crippen LogP contribution in [-0.4, -0.2) is 23.2 Å². The zero-order valence-electron chi connectivity index (χ0n) is 7.44. The third-order valence-corrected chi connectivity index (χ3v) is 2.23. The van der Waals surface area contributed by atoms with Gasteiger partial charge >= 0.3 is 5.91 Å². The van der Waals surface area contributed by atoms with Crippen LogP contribution in [0, 0.1) is 0 Å². The zero-order valence-corrected chi connectivity index (χ0v) is 7.44. The van der Waals surface area contributed by atoms with E-state index in [1.165, 1.54) is 0 Å². The fourth-order valence-corrected chi connectivity index (χ4v) is 1.53. The lowest BCUT2D eigenvalue weighted by Crippen LogP contribution is -2.18. The number of rotatable bonds is 1. The average Bonchev–Trinajstić information content (AvgIpc) is 2.71. The Labute approximate surface area is 77.5 Å². The number of hydrogen-bond acceptors (Lipinski definition) is 1. The minimum absolute atomic E-state index is 0.123. The van der Waals surface area contributed by atoms with Gasteiger partial charge in [-0.3, -0.25) is 0 Å². The summed E-state index contributed by atoms with van der Waals surface area (Å²) in [6.45, 7) is 0.869. The van der Waals surface area contributed by atoms with Crippen LogP contribution < -0.4 is 0 Å². The summed E-state index contributed by atoms with van der Waals surface area (Å²) in [4.78, 5) is 11.7. The zero-order chi connectivity index (χ0) is 9.10. The minimum atomic E-state index is 0.123. The number of benzene rings is 1. The van der Waals surface area contributed by atoms with Gasteiger partial charge in [0.05, 0.1) is 5.56 Å². The van der Waals surface area contributed by atoms with Crippen LogP contribution in [0.15, 0.2) is 30.3 Å². The Bertz CT molecular complexity index is 340. The van der Waals surface area contributed by atoms with Gasteiger partial charge in [0, 0.05) is 12.8 Å². The fourth-order valence-electron chi connectivity index (χ4n) is 1.53. The molecule has 0 saturated heterocycles. The minimum Gasteiger partial charge on any atom is -0.214 e. The molecule has 13 heavy (non-hydrogen) atoms. The van der Waals surface area contributed by atoms with Crippen LogP contribution in [0.4, 0.5) is 0 Å². The summed E-state index contributed by atoms with van der Waals surface area (Å²) in [5.74, 6) is 0.123. The molecular weight excluding hydrogens is 162 g/mol. The van der Waals surface area contributed by atoms with Crippen molar-refractivity contribution in [3.8, 4) is 0 Å². The first-order valence-corrected chi connectivity index (χ1v) is 4.57. The summed E-state index contributed by atoms with van der Waals surface area (Å²) in [6.07, 6.45) is 4.10. The van der Waals surface area contributed by atoms with E-state index < -0.39 is 0 Å². The van der Waals surface area contributed by atoms with Crippen molar-refractivity contribution in [1.29, 1.82) is 0 Å². The van der Waals surface area contributed by atoms with E-state index in [0.717, 1.165) is 24.9 Å². The highest BCUT2D eigenvalue weighted by molar-refractivity contribution is 5.89. The molecule has 1 aliphatic rings. The summed E-state index contributed by atoms with van der Waals surface area (Å²) in [6, 6.07) is 9.42. The van der Waals surface area contributed by atoms with Crippen molar-refractivity contribution in [2.24, 2.45) is 0 Å². The maximum absolute atomic E-state index is 11.7. The van der Waals surface area contributed by atoms with Crippen molar-refractivity contribution >= 4 is 12.1 Å². The van der Waals surface area contributed by atoms with Crippen molar-refractivity contribution < 1.29 is 9.37 Å². The summed E-state index contributed by atoms with van der Waals surface area (Å²) in [5.41, 5.74) is 0.778. The Morgan fingerprint density at radius 1 is 1.23 bits per heavy atom. The van der Waals surface area contributed by atoms with Crippen molar-refractivity contribution in [2.75, 3.05) is 6.54 Å². The smallest absolute Gasteiger partial charge is 0.214 e. The number of hydrogen-bond donors (Lipinski definition) is 0. The van der Waals surface area contributed by atoms with E-state index >= 15 is 0 Å². The Kier molecular flexibility index (Phi) is 2.21. The van der Waals surface area contributed by atoms with Crippen LogP contribution in [0.3, 0.4) is 0 Å². The van der Waals surface area contributed by atoms with Crippen molar-refractivity contribution in [2.45, 2.75) is 12.8 Å². The molecule has 0 spiro atoms. The molecule has 0 atom stereocenters. The van der Waals surface area contributed by atoms with E-state index in [1.807, 2.05) is 36.5 Å². The molecule has 1 aliphatic heterocycles. The van der Waals surface area contributed by atoms with Crippen molar-refractivity contribution in [3.63, 3.8) is 0 Å². The van der Waals surface area contributed by atoms with Gasteiger partial charge in [0.25, 0.3) is 0 Å². The molecule has 0 bridgehead atoms. The Balaban J connectivity index is 2.23. The second-order valence-corrected chi connectivity index (χ2v) is 3.19. The van der Waals surface area contributed by atoms with Crippen LogP contribution in [-0.2, 0) is 0 Å².